The Balaban J connectivity index is 2.39. The van der Waals surface area contributed by atoms with Gasteiger partial charge in [0, 0.05) is 12.1 Å². The van der Waals surface area contributed by atoms with Gasteiger partial charge in [-0.15, -0.1) is 0 Å². The SMILES string of the molecule is N=C(N)c1c(Cl)cccc1Oc1ccc([N+](=O)[O-])c(Cl)c1. The number of nitrogens with two attached hydrogens (primary N) is 1. The smallest absolute Gasteiger partial charge is 0.288 e. The lowest BCUT2D eigenvalue weighted by Gasteiger charge is -2.11. The predicted octanol–water partition coefficient (Wildman–Crippen LogP) is 3.98. The van der Waals surface area contributed by atoms with E-state index in [0.29, 0.717) is 0 Å². The normalized spacial score (nSPS) is 10.2. The van der Waals surface area contributed by atoms with E-state index >= 15 is 0 Å². The van der Waals surface area contributed by atoms with Crippen LogP contribution < -0.4 is 10.5 Å². The fourth-order valence-corrected chi connectivity index (χ4v) is 2.18. The minimum atomic E-state index is -0.591. The van der Waals surface area contributed by atoms with E-state index in [0.717, 1.165) is 0 Å². The zero-order chi connectivity index (χ0) is 15.6. The number of halogens is 2. The van der Waals surface area contributed by atoms with Gasteiger partial charge in [-0.05, 0) is 18.2 Å². The summed E-state index contributed by atoms with van der Waals surface area (Å²) in [6.45, 7) is 0. The molecule has 0 spiro atoms. The van der Waals surface area contributed by atoms with Crippen LogP contribution in [0.15, 0.2) is 36.4 Å². The molecule has 0 aromatic heterocycles. The fraction of sp³-hybridized carbons (Fsp3) is 0. The summed E-state index contributed by atoms with van der Waals surface area (Å²) in [5.41, 5.74) is 5.49. The Morgan fingerprint density at radius 2 is 1.95 bits per heavy atom. The largest absolute Gasteiger partial charge is 0.456 e. The highest BCUT2D eigenvalue weighted by molar-refractivity contribution is 6.34. The molecular formula is C13H9Cl2N3O3. The van der Waals surface area contributed by atoms with Crippen LogP contribution in [0.2, 0.25) is 10.0 Å². The Labute approximate surface area is 129 Å². The molecule has 2 aromatic carbocycles. The third-order valence-corrected chi connectivity index (χ3v) is 3.21. The molecule has 2 rings (SSSR count). The number of rotatable bonds is 4. The molecule has 0 aliphatic rings. The van der Waals surface area contributed by atoms with Gasteiger partial charge in [-0.1, -0.05) is 29.3 Å². The molecule has 8 heteroatoms. The van der Waals surface area contributed by atoms with Crippen LogP contribution in [-0.2, 0) is 0 Å². The van der Waals surface area contributed by atoms with Crippen LogP contribution in [0, 0.1) is 15.5 Å². The number of hydrogen-bond donors (Lipinski definition) is 2. The number of benzene rings is 2. The van der Waals surface area contributed by atoms with Gasteiger partial charge in [0.1, 0.15) is 22.4 Å². The van der Waals surface area contributed by atoms with Gasteiger partial charge in [0.2, 0.25) is 0 Å². The van der Waals surface area contributed by atoms with E-state index in [1.54, 1.807) is 18.2 Å². The fourth-order valence-electron chi connectivity index (χ4n) is 1.68. The average molecular weight is 326 g/mol. The van der Waals surface area contributed by atoms with E-state index in [1.165, 1.54) is 18.2 Å². The first-order chi connectivity index (χ1) is 9.90. The maximum absolute atomic E-state index is 10.7. The summed E-state index contributed by atoms with van der Waals surface area (Å²) in [5, 5.41) is 18.4. The van der Waals surface area contributed by atoms with Gasteiger partial charge in [0.25, 0.3) is 5.69 Å². The van der Waals surface area contributed by atoms with Crippen molar-refractivity contribution < 1.29 is 9.66 Å². The quantitative estimate of drug-likeness (QED) is 0.384. The highest BCUT2D eigenvalue weighted by Gasteiger charge is 2.15. The van der Waals surface area contributed by atoms with Crippen LogP contribution in [0.3, 0.4) is 0 Å². The van der Waals surface area contributed by atoms with Gasteiger partial charge in [0.05, 0.1) is 15.5 Å². The van der Waals surface area contributed by atoms with Gasteiger partial charge in [-0.2, -0.15) is 0 Å². The summed E-state index contributed by atoms with van der Waals surface area (Å²) in [5.74, 6) is 0.291. The summed E-state index contributed by atoms with van der Waals surface area (Å²) in [7, 11) is 0. The Morgan fingerprint density at radius 1 is 1.24 bits per heavy atom. The third-order valence-electron chi connectivity index (χ3n) is 2.59. The number of hydrogen-bond acceptors (Lipinski definition) is 4. The molecule has 0 unspecified atom stereocenters. The van der Waals surface area contributed by atoms with E-state index in [1.807, 2.05) is 0 Å². The van der Waals surface area contributed by atoms with Crippen molar-refractivity contribution in [1.29, 1.82) is 5.41 Å². The van der Waals surface area contributed by atoms with Gasteiger partial charge < -0.3 is 10.5 Å². The first-order valence-corrected chi connectivity index (χ1v) is 6.40. The number of ether oxygens (including phenoxy) is 1. The zero-order valence-electron chi connectivity index (χ0n) is 10.5. The predicted molar refractivity (Wildman–Crippen MR) is 80.6 cm³/mol. The van der Waals surface area contributed by atoms with Crippen LogP contribution in [0.5, 0.6) is 11.5 Å². The van der Waals surface area contributed by atoms with Crippen LogP contribution in [0.4, 0.5) is 5.69 Å². The second kappa shape index (κ2) is 5.99. The van der Waals surface area contributed by atoms with E-state index in [-0.39, 0.29) is 38.6 Å². The van der Waals surface area contributed by atoms with Crippen molar-refractivity contribution >= 4 is 34.7 Å². The van der Waals surface area contributed by atoms with Crippen LogP contribution in [0.1, 0.15) is 5.56 Å². The molecule has 0 heterocycles. The standard InChI is InChI=1S/C13H9Cl2N3O3/c14-8-2-1-3-11(12(8)13(16)17)21-7-4-5-10(18(19)20)9(15)6-7/h1-6H,(H3,16,17). The Hall–Kier alpha value is -2.31. The third kappa shape index (κ3) is 3.24. The topological polar surface area (TPSA) is 102 Å². The van der Waals surface area contributed by atoms with Crippen LogP contribution >= 0.6 is 23.2 Å². The van der Waals surface area contributed by atoms with Crippen molar-refractivity contribution in [2.45, 2.75) is 0 Å². The number of nitro benzene ring substituents is 1. The van der Waals surface area contributed by atoms with E-state index in [4.69, 9.17) is 39.1 Å². The highest BCUT2D eigenvalue weighted by Crippen LogP contribution is 2.33. The lowest BCUT2D eigenvalue weighted by atomic mass is 10.2. The molecule has 108 valence electrons. The summed E-state index contributed by atoms with van der Waals surface area (Å²) in [6, 6.07) is 8.73. The second-order valence-corrected chi connectivity index (χ2v) is 4.81. The van der Waals surface area contributed by atoms with Crippen LogP contribution in [-0.4, -0.2) is 10.8 Å². The van der Waals surface area contributed by atoms with E-state index in [2.05, 4.69) is 0 Å². The molecule has 0 bridgehead atoms. The maximum atomic E-state index is 10.7. The van der Waals surface area contributed by atoms with Gasteiger partial charge in [0.15, 0.2) is 0 Å². The van der Waals surface area contributed by atoms with E-state index in [9.17, 15) is 10.1 Å². The summed E-state index contributed by atoms with van der Waals surface area (Å²) >= 11 is 11.8. The van der Waals surface area contributed by atoms with Crippen molar-refractivity contribution in [3.05, 3.63) is 62.1 Å². The minimum absolute atomic E-state index is 0.0519. The molecule has 6 nitrogen and oxygen atoms in total. The molecule has 0 aliphatic heterocycles. The molecule has 0 saturated heterocycles. The Bertz CT molecular complexity index is 735. The van der Waals surface area contributed by atoms with E-state index < -0.39 is 4.92 Å². The molecule has 0 atom stereocenters. The van der Waals surface area contributed by atoms with Gasteiger partial charge >= 0.3 is 0 Å². The Kier molecular flexibility index (Phi) is 4.30. The van der Waals surface area contributed by atoms with Crippen molar-refractivity contribution in [2.24, 2.45) is 5.73 Å². The summed E-state index contributed by atoms with van der Waals surface area (Å²) < 4.78 is 5.55. The monoisotopic (exact) mass is 325 g/mol. The number of amidine groups is 1. The first-order valence-electron chi connectivity index (χ1n) is 5.65. The van der Waals surface area contributed by atoms with Crippen molar-refractivity contribution in [1.82, 2.24) is 0 Å². The lowest BCUT2D eigenvalue weighted by Crippen LogP contribution is -2.13. The molecule has 0 saturated carbocycles. The molecule has 0 aliphatic carbocycles. The van der Waals surface area contributed by atoms with Gasteiger partial charge in [-0.3, -0.25) is 15.5 Å². The number of nitrogens with zero attached hydrogens (tertiary/aromatic N) is 1. The second-order valence-electron chi connectivity index (χ2n) is 4.00. The van der Waals surface area contributed by atoms with Crippen LogP contribution in [0.25, 0.3) is 0 Å². The lowest BCUT2D eigenvalue weighted by molar-refractivity contribution is -0.384. The first kappa shape index (κ1) is 15.1. The highest BCUT2D eigenvalue weighted by atomic mass is 35.5. The Morgan fingerprint density at radius 3 is 2.52 bits per heavy atom. The van der Waals surface area contributed by atoms with Crippen molar-refractivity contribution in [3.8, 4) is 11.5 Å². The average Bonchev–Trinajstić information content (AvgIpc) is 2.37. The molecule has 0 radical (unpaired) electrons. The zero-order valence-corrected chi connectivity index (χ0v) is 12.0. The van der Waals surface area contributed by atoms with Gasteiger partial charge in [-0.25, -0.2) is 0 Å². The minimum Gasteiger partial charge on any atom is -0.456 e. The maximum Gasteiger partial charge on any atom is 0.288 e. The number of nitro groups is 1. The molecule has 2 aromatic rings. The number of nitrogen functional groups attached to an aromatic ring is 1. The van der Waals surface area contributed by atoms with Crippen molar-refractivity contribution in [3.63, 3.8) is 0 Å². The summed E-state index contributed by atoms with van der Waals surface area (Å²) in [4.78, 5) is 10.1. The molecule has 21 heavy (non-hydrogen) atoms. The molecule has 0 fully saturated rings. The molecule has 3 N–H and O–H groups in total. The summed E-state index contributed by atoms with van der Waals surface area (Å²) in [6.07, 6.45) is 0. The number of nitrogens with one attached hydrogen (secondary N) is 1. The molecule has 0 amide bonds. The van der Waals surface area contributed by atoms with Crippen molar-refractivity contribution in [2.75, 3.05) is 0 Å². The molecular weight excluding hydrogens is 317 g/mol.